The largest absolute Gasteiger partial charge is 0.330 e. The summed E-state index contributed by atoms with van der Waals surface area (Å²) < 4.78 is 28.1. The Morgan fingerprint density at radius 3 is 2.33 bits per heavy atom. The van der Waals surface area contributed by atoms with E-state index >= 15 is 0 Å². The van der Waals surface area contributed by atoms with Crippen LogP contribution in [0.1, 0.15) is 5.56 Å². The van der Waals surface area contributed by atoms with Gasteiger partial charge in [0.05, 0.1) is 10.0 Å². The molecule has 1 aromatic carbocycles. The zero-order valence-corrected chi connectivity index (χ0v) is 15.5. The molecule has 0 amide bonds. The second-order valence-electron chi connectivity index (χ2n) is 5.26. The topological polar surface area (TPSA) is 81.4 Å². The lowest BCUT2D eigenvalue weighted by molar-refractivity contribution is 0.462. The maximum absolute atomic E-state index is 12.7. The average molecular weight is 392 g/mol. The highest BCUT2D eigenvalue weighted by molar-refractivity contribution is 7.89. The number of hydrogen-bond donors (Lipinski definition) is 0. The monoisotopic (exact) mass is 391 g/mol. The maximum atomic E-state index is 12.7. The third kappa shape index (κ3) is 3.41. The summed E-state index contributed by atoms with van der Waals surface area (Å²) in [6, 6.07) is 4.75. The predicted octanol–water partition coefficient (Wildman–Crippen LogP) is 1.21. The van der Waals surface area contributed by atoms with Gasteiger partial charge in [0.1, 0.15) is 0 Å². The molecule has 1 heterocycles. The summed E-state index contributed by atoms with van der Waals surface area (Å²) in [5.41, 5.74) is -0.873. The fraction of sp³-hybridized carbons (Fsp3) is 0.286. The van der Waals surface area contributed by atoms with Gasteiger partial charge in [0.2, 0.25) is 10.0 Å². The van der Waals surface area contributed by atoms with Crippen LogP contribution in [0, 0.1) is 0 Å². The molecule has 0 N–H and O–H groups in total. The van der Waals surface area contributed by atoms with Crippen LogP contribution in [-0.4, -0.2) is 28.9 Å². The van der Waals surface area contributed by atoms with E-state index in [1.807, 2.05) is 0 Å². The van der Waals surface area contributed by atoms with Gasteiger partial charge in [-0.1, -0.05) is 29.3 Å². The van der Waals surface area contributed by atoms with Gasteiger partial charge >= 0.3 is 5.69 Å². The van der Waals surface area contributed by atoms with E-state index in [1.54, 1.807) is 18.2 Å². The third-order valence-corrected chi connectivity index (χ3v) is 6.02. The fourth-order valence-corrected chi connectivity index (χ4v) is 3.72. The van der Waals surface area contributed by atoms with Gasteiger partial charge in [-0.3, -0.25) is 9.36 Å². The van der Waals surface area contributed by atoms with E-state index in [2.05, 4.69) is 0 Å². The van der Waals surface area contributed by atoms with E-state index in [9.17, 15) is 18.0 Å². The molecule has 7 nitrogen and oxygen atoms in total. The molecule has 2 aromatic rings. The van der Waals surface area contributed by atoms with E-state index in [-0.39, 0.29) is 6.54 Å². The Hall–Kier alpha value is -1.61. The molecule has 0 fully saturated rings. The van der Waals surface area contributed by atoms with Gasteiger partial charge in [-0.2, -0.15) is 4.31 Å². The first-order valence-corrected chi connectivity index (χ1v) is 8.92. The Balaban J connectivity index is 2.45. The van der Waals surface area contributed by atoms with Gasteiger partial charge in [-0.15, -0.1) is 0 Å². The summed E-state index contributed by atoms with van der Waals surface area (Å²) in [5, 5.41) is 0.663. The Morgan fingerprint density at radius 1 is 1.12 bits per heavy atom. The molecule has 130 valence electrons. The van der Waals surface area contributed by atoms with Crippen LogP contribution in [-0.2, 0) is 30.7 Å². The second kappa shape index (κ2) is 6.72. The van der Waals surface area contributed by atoms with Gasteiger partial charge in [0.15, 0.2) is 4.90 Å². The molecular formula is C14H15Cl2N3O4S. The number of sulfonamides is 1. The van der Waals surface area contributed by atoms with Crippen molar-refractivity contribution in [3.05, 3.63) is 60.8 Å². The predicted molar refractivity (Wildman–Crippen MR) is 92.0 cm³/mol. The Morgan fingerprint density at radius 2 is 1.75 bits per heavy atom. The van der Waals surface area contributed by atoms with Crippen molar-refractivity contribution in [3.63, 3.8) is 0 Å². The van der Waals surface area contributed by atoms with Gasteiger partial charge in [0.25, 0.3) is 5.56 Å². The molecule has 2 rings (SSSR count). The number of aromatic nitrogens is 2. The molecule has 0 saturated heterocycles. The molecule has 0 radical (unpaired) electrons. The highest BCUT2D eigenvalue weighted by atomic mass is 35.5. The van der Waals surface area contributed by atoms with E-state index < -0.39 is 26.2 Å². The molecule has 0 aliphatic carbocycles. The van der Waals surface area contributed by atoms with Gasteiger partial charge in [-0.05, 0) is 17.7 Å². The van der Waals surface area contributed by atoms with Crippen molar-refractivity contribution in [2.45, 2.75) is 11.4 Å². The van der Waals surface area contributed by atoms with Crippen LogP contribution in [0.15, 0.2) is 38.9 Å². The molecule has 0 spiro atoms. The van der Waals surface area contributed by atoms with Crippen molar-refractivity contribution >= 4 is 33.2 Å². The lowest BCUT2D eigenvalue weighted by Crippen LogP contribution is -2.41. The van der Waals surface area contributed by atoms with Gasteiger partial charge in [-0.25, -0.2) is 13.2 Å². The molecule has 24 heavy (non-hydrogen) atoms. The summed E-state index contributed by atoms with van der Waals surface area (Å²) in [7, 11) is -0.153. The smallest absolute Gasteiger partial charge is 0.302 e. The maximum Gasteiger partial charge on any atom is 0.330 e. The van der Waals surface area contributed by atoms with Crippen LogP contribution >= 0.6 is 23.2 Å². The lowest BCUT2D eigenvalue weighted by Gasteiger charge is -2.18. The lowest BCUT2D eigenvalue weighted by atomic mass is 10.2. The van der Waals surface area contributed by atoms with Gasteiger partial charge in [0, 0.05) is 33.9 Å². The number of benzene rings is 1. The highest BCUT2D eigenvalue weighted by Gasteiger charge is 2.26. The molecule has 10 heteroatoms. The number of nitrogens with zero attached hydrogens (tertiary/aromatic N) is 3. The third-order valence-electron chi connectivity index (χ3n) is 3.49. The number of aryl methyl sites for hydroxylation is 1. The van der Waals surface area contributed by atoms with Crippen LogP contribution in [0.4, 0.5) is 0 Å². The van der Waals surface area contributed by atoms with Crippen molar-refractivity contribution in [3.8, 4) is 0 Å². The van der Waals surface area contributed by atoms with E-state index in [1.165, 1.54) is 21.1 Å². The summed E-state index contributed by atoms with van der Waals surface area (Å²) in [6.07, 6.45) is 1.02. The van der Waals surface area contributed by atoms with Crippen molar-refractivity contribution in [1.82, 2.24) is 13.4 Å². The minimum atomic E-state index is -4.09. The van der Waals surface area contributed by atoms with E-state index in [4.69, 9.17) is 23.2 Å². The van der Waals surface area contributed by atoms with Crippen molar-refractivity contribution in [1.29, 1.82) is 0 Å². The minimum Gasteiger partial charge on any atom is -0.302 e. The molecule has 1 aromatic heterocycles. The first kappa shape index (κ1) is 18.7. The number of hydrogen-bond acceptors (Lipinski definition) is 4. The quantitative estimate of drug-likeness (QED) is 0.784. The Kier molecular flexibility index (Phi) is 5.24. The normalized spacial score (nSPS) is 11.9. The summed E-state index contributed by atoms with van der Waals surface area (Å²) in [5.74, 6) is 0. The Bertz CT molecular complexity index is 1010. The number of rotatable bonds is 4. The summed E-state index contributed by atoms with van der Waals surface area (Å²) in [6.45, 7) is -0.00871. The number of halogens is 2. The molecule has 0 unspecified atom stereocenters. The molecule has 0 atom stereocenters. The van der Waals surface area contributed by atoms with E-state index in [0.29, 0.717) is 15.6 Å². The zero-order valence-electron chi connectivity index (χ0n) is 13.2. The van der Waals surface area contributed by atoms with Crippen molar-refractivity contribution < 1.29 is 8.42 Å². The van der Waals surface area contributed by atoms with Crippen LogP contribution in [0.2, 0.25) is 10.0 Å². The summed E-state index contributed by atoms with van der Waals surface area (Å²) >= 11 is 11.8. The van der Waals surface area contributed by atoms with Crippen LogP contribution in [0.5, 0.6) is 0 Å². The molecule has 0 saturated carbocycles. The summed E-state index contributed by atoms with van der Waals surface area (Å²) in [4.78, 5) is 23.4. The average Bonchev–Trinajstić information content (AvgIpc) is 2.52. The fourth-order valence-electron chi connectivity index (χ4n) is 2.10. The highest BCUT2D eigenvalue weighted by Crippen LogP contribution is 2.24. The van der Waals surface area contributed by atoms with Crippen LogP contribution in [0.25, 0.3) is 0 Å². The van der Waals surface area contributed by atoms with Gasteiger partial charge < -0.3 is 4.57 Å². The van der Waals surface area contributed by atoms with Crippen LogP contribution in [0.3, 0.4) is 0 Å². The first-order chi connectivity index (χ1) is 11.1. The first-order valence-electron chi connectivity index (χ1n) is 6.72. The standard InChI is InChI=1S/C14H15Cl2N3O4S/c1-17-8-12(13(20)19(3)14(17)21)24(22,23)18(2)7-9-4-5-10(15)11(16)6-9/h4-6,8H,7H2,1-3H3. The minimum absolute atomic E-state index is 0.00871. The molecular weight excluding hydrogens is 377 g/mol. The second-order valence-corrected chi connectivity index (χ2v) is 8.09. The molecule has 0 aliphatic heterocycles. The SMILES string of the molecule is CN(Cc1ccc(Cl)c(Cl)c1)S(=O)(=O)c1cn(C)c(=O)n(C)c1=O. The van der Waals surface area contributed by atoms with E-state index in [0.717, 1.165) is 19.6 Å². The Labute approximate surface area is 148 Å². The molecule has 0 aliphatic rings. The van der Waals surface area contributed by atoms with Crippen LogP contribution < -0.4 is 11.2 Å². The van der Waals surface area contributed by atoms with Crippen molar-refractivity contribution in [2.24, 2.45) is 14.1 Å². The molecule has 0 bridgehead atoms. The van der Waals surface area contributed by atoms with Crippen molar-refractivity contribution in [2.75, 3.05) is 7.05 Å². The zero-order chi connectivity index (χ0) is 18.2.